The lowest BCUT2D eigenvalue weighted by Gasteiger charge is -2.09. The van der Waals surface area contributed by atoms with Gasteiger partial charge in [-0.15, -0.1) is 0 Å². The van der Waals surface area contributed by atoms with Crippen LogP contribution in [0.25, 0.3) is 0 Å². The van der Waals surface area contributed by atoms with E-state index in [1.165, 1.54) is 18.4 Å². The van der Waals surface area contributed by atoms with Gasteiger partial charge >= 0.3 is 0 Å². The topological polar surface area (TPSA) is 58.2 Å². The third-order valence-corrected chi connectivity index (χ3v) is 4.32. The first-order chi connectivity index (χ1) is 11.6. The summed E-state index contributed by atoms with van der Waals surface area (Å²) in [7, 11) is 0. The number of aryl methyl sites for hydroxylation is 1. The van der Waals surface area contributed by atoms with E-state index in [0.717, 1.165) is 17.0 Å². The number of nitrogens with one attached hydrogen (secondary N) is 2. The second-order valence-corrected chi connectivity index (χ2v) is 6.29. The van der Waals surface area contributed by atoms with E-state index >= 15 is 0 Å². The molecule has 1 fully saturated rings. The van der Waals surface area contributed by atoms with Crippen molar-refractivity contribution in [2.75, 3.05) is 6.54 Å². The highest BCUT2D eigenvalue weighted by atomic mass is 16.2. The van der Waals surface area contributed by atoms with Gasteiger partial charge in [0.1, 0.15) is 0 Å². The second-order valence-electron chi connectivity index (χ2n) is 6.29. The number of hydrogen-bond acceptors (Lipinski definition) is 2. The molecule has 1 aliphatic carbocycles. The molecule has 1 saturated carbocycles. The van der Waals surface area contributed by atoms with Crippen LogP contribution in [0.15, 0.2) is 48.5 Å². The van der Waals surface area contributed by atoms with Crippen molar-refractivity contribution in [1.29, 1.82) is 0 Å². The Morgan fingerprint density at radius 3 is 2.38 bits per heavy atom. The molecular formula is C20H22N2O2. The lowest BCUT2D eigenvalue weighted by atomic mass is 10.1. The molecule has 0 saturated heterocycles. The van der Waals surface area contributed by atoms with Crippen LogP contribution in [0, 0.1) is 6.92 Å². The Morgan fingerprint density at radius 2 is 1.71 bits per heavy atom. The fourth-order valence-corrected chi connectivity index (χ4v) is 2.67. The van der Waals surface area contributed by atoms with E-state index in [2.05, 4.69) is 34.9 Å². The summed E-state index contributed by atoms with van der Waals surface area (Å²) in [5.41, 5.74) is 3.95. The third-order valence-electron chi connectivity index (χ3n) is 4.32. The monoisotopic (exact) mass is 322 g/mol. The summed E-state index contributed by atoms with van der Waals surface area (Å²) in [4.78, 5) is 24.0. The number of rotatable bonds is 6. The van der Waals surface area contributed by atoms with Gasteiger partial charge in [0.15, 0.2) is 0 Å². The molecule has 2 aromatic carbocycles. The third kappa shape index (κ3) is 4.22. The quantitative estimate of drug-likeness (QED) is 0.859. The zero-order chi connectivity index (χ0) is 16.9. The van der Waals surface area contributed by atoms with Gasteiger partial charge in [-0.1, -0.05) is 42.5 Å². The van der Waals surface area contributed by atoms with Crippen LogP contribution in [0.5, 0.6) is 0 Å². The molecule has 0 bridgehead atoms. The summed E-state index contributed by atoms with van der Waals surface area (Å²) in [6.45, 7) is 2.33. The van der Waals surface area contributed by atoms with E-state index in [1.54, 1.807) is 6.07 Å². The van der Waals surface area contributed by atoms with Gasteiger partial charge in [0, 0.05) is 12.1 Å². The van der Waals surface area contributed by atoms with E-state index in [9.17, 15) is 9.59 Å². The van der Waals surface area contributed by atoms with Crippen molar-refractivity contribution in [3.05, 3.63) is 70.8 Å². The summed E-state index contributed by atoms with van der Waals surface area (Å²) in [5.74, 6) is 0.325. The fraction of sp³-hybridized carbons (Fsp3) is 0.300. The van der Waals surface area contributed by atoms with Crippen molar-refractivity contribution in [2.24, 2.45) is 0 Å². The Labute approximate surface area is 142 Å². The summed E-state index contributed by atoms with van der Waals surface area (Å²) in [5, 5.41) is 5.49. The average Bonchev–Trinajstić information content (AvgIpc) is 3.44. The standard InChI is InChI=1S/C20H22N2O2/c1-14-4-2-3-5-18(14)20(24)22-13-19(23)21-12-15-6-8-16(9-7-15)17-10-11-17/h2-9,17H,10-13H2,1H3,(H,21,23)(H,22,24). The van der Waals surface area contributed by atoms with Crippen LogP contribution in [0.4, 0.5) is 0 Å². The minimum Gasteiger partial charge on any atom is -0.350 e. The van der Waals surface area contributed by atoms with Gasteiger partial charge in [0.2, 0.25) is 5.91 Å². The molecule has 4 nitrogen and oxygen atoms in total. The highest BCUT2D eigenvalue weighted by Crippen LogP contribution is 2.39. The van der Waals surface area contributed by atoms with Crippen molar-refractivity contribution in [3.63, 3.8) is 0 Å². The zero-order valence-electron chi connectivity index (χ0n) is 13.8. The highest BCUT2D eigenvalue weighted by Gasteiger charge is 2.22. The van der Waals surface area contributed by atoms with E-state index in [0.29, 0.717) is 12.1 Å². The number of amides is 2. The van der Waals surface area contributed by atoms with Crippen molar-refractivity contribution >= 4 is 11.8 Å². The van der Waals surface area contributed by atoms with Crippen molar-refractivity contribution in [1.82, 2.24) is 10.6 Å². The normalized spacial score (nSPS) is 13.4. The summed E-state index contributed by atoms with van der Waals surface area (Å²) >= 11 is 0. The Bertz CT molecular complexity index is 734. The van der Waals surface area contributed by atoms with Gasteiger partial charge in [0.25, 0.3) is 5.91 Å². The van der Waals surface area contributed by atoms with Crippen LogP contribution in [0.1, 0.15) is 45.8 Å². The Balaban J connectivity index is 1.44. The molecule has 0 radical (unpaired) electrons. The minimum atomic E-state index is -0.225. The molecule has 2 amide bonds. The number of hydrogen-bond donors (Lipinski definition) is 2. The molecule has 0 aliphatic heterocycles. The first kappa shape index (κ1) is 16.2. The molecule has 0 atom stereocenters. The predicted molar refractivity (Wildman–Crippen MR) is 93.8 cm³/mol. The van der Waals surface area contributed by atoms with E-state index < -0.39 is 0 Å². The maximum atomic E-state index is 12.1. The van der Waals surface area contributed by atoms with Crippen LogP contribution in [-0.2, 0) is 11.3 Å². The van der Waals surface area contributed by atoms with Crippen LogP contribution >= 0.6 is 0 Å². The highest BCUT2D eigenvalue weighted by molar-refractivity contribution is 5.97. The number of carbonyl (C=O) groups is 2. The van der Waals surface area contributed by atoms with Gasteiger partial charge in [-0.3, -0.25) is 9.59 Å². The lowest BCUT2D eigenvalue weighted by Crippen LogP contribution is -2.36. The largest absolute Gasteiger partial charge is 0.350 e. The van der Waals surface area contributed by atoms with E-state index in [-0.39, 0.29) is 18.4 Å². The van der Waals surface area contributed by atoms with Gasteiger partial charge in [-0.2, -0.15) is 0 Å². The Kier molecular flexibility index (Phi) is 4.94. The maximum Gasteiger partial charge on any atom is 0.251 e. The molecule has 2 aromatic rings. The zero-order valence-corrected chi connectivity index (χ0v) is 13.8. The van der Waals surface area contributed by atoms with Crippen LogP contribution in [0.3, 0.4) is 0 Å². The maximum absolute atomic E-state index is 12.1. The smallest absolute Gasteiger partial charge is 0.251 e. The fourth-order valence-electron chi connectivity index (χ4n) is 2.67. The first-order valence-electron chi connectivity index (χ1n) is 8.33. The number of carbonyl (C=O) groups excluding carboxylic acids is 2. The summed E-state index contributed by atoms with van der Waals surface area (Å²) in [6, 6.07) is 15.7. The molecule has 0 spiro atoms. The molecular weight excluding hydrogens is 300 g/mol. The molecule has 4 heteroatoms. The van der Waals surface area contributed by atoms with Crippen molar-refractivity contribution in [2.45, 2.75) is 32.2 Å². The van der Waals surface area contributed by atoms with Gasteiger partial charge in [-0.25, -0.2) is 0 Å². The number of benzene rings is 2. The lowest BCUT2D eigenvalue weighted by molar-refractivity contribution is -0.120. The van der Waals surface area contributed by atoms with E-state index in [1.807, 2.05) is 25.1 Å². The predicted octanol–water partition coefficient (Wildman–Crippen LogP) is 2.92. The van der Waals surface area contributed by atoms with E-state index in [4.69, 9.17) is 0 Å². The Hall–Kier alpha value is -2.62. The van der Waals surface area contributed by atoms with Crippen LogP contribution in [0.2, 0.25) is 0 Å². The first-order valence-corrected chi connectivity index (χ1v) is 8.33. The molecule has 24 heavy (non-hydrogen) atoms. The summed E-state index contributed by atoms with van der Waals surface area (Å²) in [6.07, 6.45) is 2.58. The Morgan fingerprint density at radius 1 is 1.00 bits per heavy atom. The molecule has 124 valence electrons. The minimum absolute atomic E-state index is 0.0205. The van der Waals surface area contributed by atoms with Crippen LogP contribution < -0.4 is 10.6 Å². The van der Waals surface area contributed by atoms with Gasteiger partial charge in [0.05, 0.1) is 6.54 Å². The molecule has 0 unspecified atom stereocenters. The molecule has 0 heterocycles. The van der Waals surface area contributed by atoms with Crippen molar-refractivity contribution < 1.29 is 9.59 Å². The second kappa shape index (κ2) is 7.30. The van der Waals surface area contributed by atoms with Crippen molar-refractivity contribution in [3.8, 4) is 0 Å². The SMILES string of the molecule is Cc1ccccc1C(=O)NCC(=O)NCc1ccc(C2CC2)cc1. The molecule has 0 aromatic heterocycles. The molecule has 1 aliphatic rings. The molecule has 3 rings (SSSR count). The average molecular weight is 322 g/mol. The molecule has 2 N–H and O–H groups in total. The van der Waals surface area contributed by atoms with Gasteiger partial charge in [-0.05, 0) is 48.4 Å². The summed E-state index contributed by atoms with van der Waals surface area (Å²) < 4.78 is 0. The van der Waals surface area contributed by atoms with Crippen LogP contribution in [-0.4, -0.2) is 18.4 Å². The van der Waals surface area contributed by atoms with Gasteiger partial charge < -0.3 is 10.6 Å².